The van der Waals surface area contributed by atoms with Gasteiger partial charge in [0.05, 0.1) is 12.6 Å². The number of carboxylic acids is 1. The van der Waals surface area contributed by atoms with Gasteiger partial charge in [-0.25, -0.2) is 18.2 Å². The number of esters is 1. The molecule has 0 aliphatic heterocycles. The second-order valence-electron chi connectivity index (χ2n) is 4.62. The molecule has 0 saturated carbocycles. The lowest BCUT2D eigenvalue weighted by Crippen LogP contribution is -2.42. The third-order valence-corrected chi connectivity index (χ3v) is 5.31. The highest BCUT2D eigenvalue weighted by Crippen LogP contribution is 2.21. The summed E-state index contributed by atoms with van der Waals surface area (Å²) in [6, 6.07) is -1.08. The number of nitrogens with zero attached hydrogens (tertiary/aromatic N) is 1. The first kappa shape index (κ1) is 17.5. The Morgan fingerprint density at radius 3 is 2.57 bits per heavy atom. The first-order chi connectivity index (χ1) is 9.69. The van der Waals surface area contributed by atoms with Crippen molar-refractivity contribution in [3.63, 3.8) is 0 Å². The van der Waals surface area contributed by atoms with E-state index in [0.717, 1.165) is 12.6 Å². The molecule has 0 saturated heterocycles. The van der Waals surface area contributed by atoms with Crippen molar-refractivity contribution in [1.82, 2.24) is 9.71 Å². The summed E-state index contributed by atoms with van der Waals surface area (Å²) in [4.78, 5) is 26.1. The average Bonchev–Trinajstić information content (AvgIpc) is 2.86. The van der Waals surface area contributed by atoms with Gasteiger partial charge >= 0.3 is 11.9 Å². The fraction of sp³-hybridized carbons (Fsp3) is 0.545. The zero-order chi connectivity index (χ0) is 16.2. The maximum Gasteiger partial charge on any atom is 0.356 e. The van der Waals surface area contributed by atoms with Crippen molar-refractivity contribution in [3.8, 4) is 0 Å². The SMILES string of the molecule is COC(=O)C(CC(C)C)NS(=O)(=O)c1scnc1C(=O)O. The molecule has 0 aliphatic rings. The monoisotopic (exact) mass is 336 g/mol. The number of carboxylic acid groups (broad SMARTS) is 1. The first-order valence-corrected chi connectivity index (χ1v) is 8.32. The normalized spacial score (nSPS) is 13.1. The zero-order valence-electron chi connectivity index (χ0n) is 11.7. The van der Waals surface area contributed by atoms with E-state index >= 15 is 0 Å². The van der Waals surface area contributed by atoms with Crippen molar-refractivity contribution in [2.45, 2.75) is 30.5 Å². The van der Waals surface area contributed by atoms with Crippen LogP contribution in [0, 0.1) is 5.92 Å². The molecule has 21 heavy (non-hydrogen) atoms. The van der Waals surface area contributed by atoms with Crippen molar-refractivity contribution in [3.05, 3.63) is 11.2 Å². The number of carbonyl (C=O) groups excluding carboxylic acids is 1. The van der Waals surface area contributed by atoms with Crippen molar-refractivity contribution < 1.29 is 27.9 Å². The standard InChI is InChI=1S/C11H16N2O6S2/c1-6(2)4-7(10(16)19-3)13-21(17,18)11-8(9(14)15)12-5-20-11/h5-7,13H,4H2,1-3H3,(H,14,15). The third-order valence-electron chi connectivity index (χ3n) is 2.47. The van der Waals surface area contributed by atoms with E-state index in [1.807, 2.05) is 13.8 Å². The van der Waals surface area contributed by atoms with Gasteiger partial charge in [-0.1, -0.05) is 13.8 Å². The quantitative estimate of drug-likeness (QED) is 0.703. The summed E-state index contributed by atoms with van der Waals surface area (Å²) in [5.74, 6) is -2.14. The molecule has 1 aromatic rings. The van der Waals surface area contributed by atoms with E-state index in [1.54, 1.807) is 0 Å². The van der Waals surface area contributed by atoms with Gasteiger partial charge in [0.2, 0.25) is 0 Å². The highest BCUT2D eigenvalue weighted by atomic mass is 32.2. The van der Waals surface area contributed by atoms with E-state index in [0.29, 0.717) is 11.3 Å². The zero-order valence-corrected chi connectivity index (χ0v) is 13.3. The molecule has 10 heteroatoms. The minimum absolute atomic E-state index is 0.0391. The Labute approximate surface area is 126 Å². The summed E-state index contributed by atoms with van der Waals surface area (Å²) < 4.78 is 30.7. The summed E-state index contributed by atoms with van der Waals surface area (Å²) in [6.45, 7) is 3.64. The highest BCUT2D eigenvalue weighted by molar-refractivity contribution is 7.91. The number of nitrogens with one attached hydrogen (secondary N) is 1. The molecule has 2 N–H and O–H groups in total. The van der Waals surface area contributed by atoms with Crippen LogP contribution in [0.5, 0.6) is 0 Å². The van der Waals surface area contributed by atoms with Crippen LogP contribution in [0.3, 0.4) is 0 Å². The van der Waals surface area contributed by atoms with E-state index < -0.39 is 37.9 Å². The molecule has 0 aliphatic carbocycles. The van der Waals surface area contributed by atoms with Crippen LogP contribution in [0.25, 0.3) is 0 Å². The maximum atomic E-state index is 12.2. The number of rotatable bonds is 7. The number of carbonyl (C=O) groups is 2. The van der Waals surface area contributed by atoms with Crippen LogP contribution in [0.15, 0.2) is 9.72 Å². The van der Waals surface area contributed by atoms with E-state index in [4.69, 9.17) is 5.11 Å². The van der Waals surface area contributed by atoms with E-state index in [-0.39, 0.29) is 12.3 Å². The molecule has 8 nitrogen and oxygen atoms in total. The number of hydrogen-bond donors (Lipinski definition) is 2. The van der Waals surface area contributed by atoms with Gasteiger partial charge in [-0.05, 0) is 12.3 Å². The van der Waals surface area contributed by atoms with E-state index in [1.165, 1.54) is 0 Å². The topological polar surface area (TPSA) is 123 Å². The van der Waals surface area contributed by atoms with Crippen LogP contribution in [-0.4, -0.2) is 43.6 Å². The van der Waals surface area contributed by atoms with Crippen molar-refractivity contribution in [1.29, 1.82) is 0 Å². The Morgan fingerprint density at radius 2 is 2.10 bits per heavy atom. The summed E-state index contributed by atoms with van der Waals surface area (Å²) in [5, 5.41) is 8.91. The maximum absolute atomic E-state index is 12.2. The fourth-order valence-electron chi connectivity index (χ4n) is 1.62. The van der Waals surface area contributed by atoms with Crippen LogP contribution in [-0.2, 0) is 19.6 Å². The second-order valence-corrected chi connectivity index (χ2v) is 7.38. The lowest BCUT2D eigenvalue weighted by molar-refractivity contribution is -0.143. The van der Waals surface area contributed by atoms with Gasteiger partial charge in [0.1, 0.15) is 6.04 Å². The molecular weight excluding hydrogens is 320 g/mol. The Morgan fingerprint density at radius 1 is 1.48 bits per heavy atom. The number of aromatic carboxylic acids is 1. The summed E-state index contributed by atoms with van der Waals surface area (Å²) in [6.07, 6.45) is 0.229. The molecule has 1 aromatic heterocycles. The van der Waals surface area contributed by atoms with Gasteiger partial charge in [0.15, 0.2) is 9.90 Å². The fourth-order valence-corrected chi connectivity index (χ4v) is 3.97. The van der Waals surface area contributed by atoms with Gasteiger partial charge < -0.3 is 9.84 Å². The molecule has 0 amide bonds. The van der Waals surface area contributed by atoms with Crippen molar-refractivity contribution in [2.24, 2.45) is 5.92 Å². The van der Waals surface area contributed by atoms with Gasteiger partial charge in [-0.15, -0.1) is 11.3 Å². The number of thiazole rings is 1. The lowest BCUT2D eigenvalue weighted by Gasteiger charge is -2.17. The van der Waals surface area contributed by atoms with Gasteiger partial charge in [0.25, 0.3) is 10.0 Å². The predicted molar refractivity (Wildman–Crippen MR) is 74.7 cm³/mol. The number of hydrogen-bond acceptors (Lipinski definition) is 7. The molecule has 0 spiro atoms. The minimum atomic E-state index is -4.17. The Hall–Kier alpha value is -1.52. The molecule has 0 aromatic carbocycles. The molecule has 1 atom stereocenters. The summed E-state index contributed by atoms with van der Waals surface area (Å²) in [7, 11) is -3.02. The van der Waals surface area contributed by atoms with E-state index in [9.17, 15) is 18.0 Å². The summed E-state index contributed by atoms with van der Waals surface area (Å²) >= 11 is 0.670. The first-order valence-electron chi connectivity index (χ1n) is 5.96. The molecule has 118 valence electrons. The molecule has 1 unspecified atom stereocenters. The van der Waals surface area contributed by atoms with Crippen LogP contribution >= 0.6 is 11.3 Å². The Kier molecular flexibility index (Phi) is 5.81. The lowest BCUT2D eigenvalue weighted by atomic mass is 10.1. The number of ether oxygens (including phenoxy) is 1. The van der Waals surface area contributed by atoms with Crippen LogP contribution in [0.1, 0.15) is 30.8 Å². The summed E-state index contributed by atoms with van der Waals surface area (Å²) in [5.41, 5.74) is 0.550. The van der Waals surface area contributed by atoms with Crippen LogP contribution < -0.4 is 4.72 Å². The molecule has 0 bridgehead atoms. The Balaban J connectivity index is 3.08. The third kappa shape index (κ3) is 4.48. The number of aromatic nitrogens is 1. The van der Waals surface area contributed by atoms with Gasteiger partial charge in [0, 0.05) is 0 Å². The predicted octanol–water partition coefficient (Wildman–Crippen LogP) is 0.707. The molecule has 1 heterocycles. The van der Waals surface area contributed by atoms with E-state index in [2.05, 4.69) is 14.4 Å². The van der Waals surface area contributed by atoms with Crippen LogP contribution in [0.2, 0.25) is 0 Å². The van der Waals surface area contributed by atoms with Gasteiger partial charge in [-0.3, -0.25) is 4.79 Å². The second kappa shape index (κ2) is 6.96. The van der Waals surface area contributed by atoms with Crippen LogP contribution in [0.4, 0.5) is 0 Å². The highest BCUT2D eigenvalue weighted by Gasteiger charge is 2.31. The molecule has 0 radical (unpaired) electrons. The minimum Gasteiger partial charge on any atom is -0.476 e. The molecule has 1 rings (SSSR count). The Bertz CT molecular complexity index is 622. The smallest absolute Gasteiger partial charge is 0.356 e. The van der Waals surface area contributed by atoms with Gasteiger partial charge in [-0.2, -0.15) is 4.72 Å². The number of sulfonamides is 1. The average molecular weight is 336 g/mol. The largest absolute Gasteiger partial charge is 0.476 e. The van der Waals surface area contributed by atoms with Crippen molar-refractivity contribution in [2.75, 3.05) is 7.11 Å². The number of methoxy groups -OCH3 is 1. The molecule has 0 fully saturated rings. The van der Waals surface area contributed by atoms with Crippen molar-refractivity contribution >= 4 is 33.3 Å². The molecular formula is C11H16N2O6S2.